The lowest BCUT2D eigenvalue weighted by atomic mass is 10.0. The Labute approximate surface area is 142 Å². The molecule has 5 nitrogen and oxygen atoms in total. The molecule has 0 unspecified atom stereocenters. The smallest absolute Gasteiger partial charge is 0.243 e. The number of benzene rings is 2. The minimum atomic E-state index is -0.0836. The first-order valence-corrected chi connectivity index (χ1v) is 8.13. The minimum Gasteiger partial charge on any atom is -0.347 e. The summed E-state index contributed by atoms with van der Waals surface area (Å²) < 4.78 is 0. The fourth-order valence-corrected chi connectivity index (χ4v) is 2.89. The predicted octanol–water partition coefficient (Wildman–Crippen LogP) is 2.26. The van der Waals surface area contributed by atoms with E-state index in [-0.39, 0.29) is 12.5 Å². The third kappa shape index (κ3) is 3.93. The molecule has 24 heavy (non-hydrogen) atoms. The van der Waals surface area contributed by atoms with Gasteiger partial charge in [0.2, 0.25) is 5.91 Å². The highest BCUT2D eigenvalue weighted by Gasteiger charge is 2.18. The van der Waals surface area contributed by atoms with Crippen LogP contribution < -0.4 is 10.6 Å². The van der Waals surface area contributed by atoms with Gasteiger partial charge in [-0.3, -0.25) is 9.79 Å². The molecule has 0 aromatic heterocycles. The van der Waals surface area contributed by atoms with E-state index in [0.717, 1.165) is 31.2 Å². The molecule has 1 heterocycles. The second-order valence-electron chi connectivity index (χ2n) is 5.76. The molecule has 5 heteroatoms. The van der Waals surface area contributed by atoms with E-state index < -0.39 is 0 Å². The largest absolute Gasteiger partial charge is 0.347 e. The molecule has 0 saturated carbocycles. The molecule has 0 spiro atoms. The van der Waals surface area contributed by atoms with Crippen LogP contribution in [0.2, 0.25) is 0 Å². The van der Waals surface area contributed by atoms with Gasteiger partial charge in [0, 0.05) is 25.8 Å². The number of amides is 1. The molecule has 124 valence electrons. The number of fused-ring (bicyclic) bond motifs is 1. The van der Waals surface area contributed by atoms with Crippen molar-refractivity contribution in [1.29, 1.82) is 0 Å². The highest BCUT2D eigenvalue weighted by Crippen LogP contribution is 2.18. The van der Waals surface area contributed by atoms with Gasteiger partial charge < -0.3 is 15.5 Å². The first kappa shape index (κ1) is 16.1. The zero-order valence-electron chi connectivity index (χ0n) is 13.8. The topological polar surface area (TPSA) is 56.7 Å². The minimum absolute atomic E-state index is 0.0836. The van der Waals surface area contributed by atoms with E-state index in [2.05, 4.69) is 44.8 Å². The zero-order chi connectivity index (χ0) is 16.8. The maximum atomic E-state index is 12.1. The van der Waals surface area contributed by atoms with Gasteiger partial charge >= 0.3 is 0 Å². The summed E-state index contributed by atoms with van der Waals surface area (Å²) in [6, 6.07) is 17.9. The first-order chi connectivity index (χ1) is 11.8. The summed E-state index contributed by atoms with van der Waals surface area (Å²) >= 11 is 0. The van der Waals surface area contributed by atoms with Crippen LogP contribution in [0.5, 0.6) is 0 Å². The van der Waals surface area contributed by atoms with E-state index in [1.165, 1.54) is 11.1 Å². The molecule has 2 aromatic rings. The van der Waals surface area contributed by atoms with Crippen LogP contribution in [0.1, 0.15) is 11.1 Å². The van der Waals surface area contributed by atoms with Crippen LogP contribution in [0.15, 0.2) is 59.6 Å². The normalized spacial score (nSPS) is 14.0. The van der Waals surface area contributed by atoms with Crippen LogP contribution >= 0.6 is 0 Å². The average molecular weight is 322 g/mol. The number of para-hydroxylation sites is 1. The monoisotopic (exact) mass is 322 g/mol. The molecule has 0 aliphatic carbocycles. The molecule has 1 aliphatic heterocycles. The maximum Gasteiger partial charge on any atom is 0.243 e. The second-order valence-corrected chi connectivity index (χ2v) is 5.76. The molecule has 2 aromatic carbocycles. The summed E-state index contributed by atoms with van der Waals surface area (Å²) in [6.07, 6.45) is 0.993. The van der Waals surface area contributed by atoms with Crippen molar-refractivity contribution in [2.75, 3.05) is 25.5 Å². The number of carbonyl (C=O) groups is 1. The van der Waals surface area contributed by atoms with Crippen LogP contribution in [0.25, 0.3) is 0 Å². The Morgan fingerprint density at radius 1 is 1.08 bits per heavy atom. The number of carbonyl (C=O) groups excluding carboxylic acids is 1. The van der Waals surface area contributed by atoms with Crippen LogP contribution in [0.4, 0.5) is 5.69 Å². The van der Waals surface area contributed by atoms with E-state index in [9.17, 15) is 4.79 Å². The molecular formula is C19H22N4O. The van der Waals surface area contributed by atoms with Crippen molar-refractivity contribution >= 4 is 17.6 Å². The highest BCUT2D eigenvalue weighted by molar-refractivity contribution is 5.95. The number of nitrogens with one attached hydrogen (secondary N) is 2. The van der Waals surface area contributed by atoms with E-state index >= 15 is 0 Å². The number of guanidine groups is 1. The quantitative estimate of drug-likeness (QED) is 0.673. The Hall–Kier alpha value is -2.82. The lowest BCUT2D eigenvalue weighted by Crippen LogP contribution is -2.46. The molecule has 2 N–H and O–H groups in total. The van der Waals surface area contributed by atoms with Gasteiger partial charge in [0.25, 0.3) is 0 Å². The Morgan fingerprint density at radius 3 is 2.54 bits per heavy atom. The fourth-order valence-electron chi connectivity index (χ4n) is 2.89. The van der Waals surface area contributed by atoms with Crippen molar-refractivity contribution in [2.24, 2.45) is 4.99 Å². The average Bonchev–Trinajstić information content (AvgIpc) is 2.63. The summed E-state index contributed by atoms with van der Waals surface area (Å²) in [5.74, 6) is 0.674. The van der Waals surface area contributed by atoms with Crippen LogP contribution in [0, 0.1) is 0 Å². The molecular weight excluding hydrogens is 300 g/mol. The number of rotatable bonds is 3. The van der Waals surface area contributed by atoms with Gasteiger partial charge in [0.05, 0.1) is 6.54 Å². The molecule has 0 atom stereocenters. The molecule has 0 bridgehead atoms. The Kier molecular flexibility index (Phi) is 5.11. The second kappa shape index (κ2) is 7.64. The van der Waals surface area contributed by atoms with Gasteiger partial charge in [0.1, 0.15) is 0 Å². The van der Waals surface area contributed by atoms with Crippen molar-refractivity contribution in [3.63, 3.8) is 0 Å². The van der Waals surface area contributed by atoms with Gasteiger partial charge in [-0.15, -0.1) is 0 Å². The number of nitrogens with zero attached hydrogens (tertiary/aromatic N) is 2. The standard InChI is InChI=1S/C19H22N4O/c1-20-19(21-13-18(24)22-17-9-3-2-4-10-17)23-12-11-15-7-5-6-8-16(15)14-23/h2-10H,11-14H2,1H3,(H,20,21)(H,22,24). The summed E-state index contributed by atoms with van der Waals surface area (Å²) in [4.78, 5) is 18.6. The molecule has 1 amide bonds. The lowest BCUT2D eigenvalue weighted by Gasteiger charge is -2.31. The fraction of sp³-hybridized carbons (Fsp3) is 0.263. The van der Waals surface area contributed by atoms with Crippen LogP contribution in [-0.2, 0) is 17.8 Å². The van der Waals surface area contributed by atoms with Crippen LogP contribution in [0.3, 0.4) is 0 Å². The summed E-state index contributed by atoms with van der Waals surface area (Å²) in [7, 11) is 1.75. The molecule has 0 saturated heterocycles. The number of hydrogen-bond acceptors (Lipinski definition) is 2. The van der Waals surface area contributed by atoms with Gasteiger partial charge in [-0.25, -0.2) is 0 Å². The van der Waals surface area contributed by atoms with Crippen LogP contribution in [-0.4, -0.2) is 36.9 Å². The third-order valence-corrected chi connectivity index (χ3v) is 4.11. The number of anilines is 1. The summed E-state index contributed by atoms with van der Waals surface area (Å²) in [5.41, 5.74) is 3.51. The highest BCUT2D eigenvalue weighted by atomic mass is 16.1. The van der Waals surface area contributed by atoms with E-state index in [1.807, 2.05) is 30.3 Å². The first-order valence-electron chi connectivity index (χ1n) is 8.13. The van der Waals surface area contributed by atoms with Gasteiger partial charge in [-0.1, -0.05) is 42.5 Å². The Bertz CT molecular complexity index is 727. The van der Waals surface area contributed by atoms with Crippen molar-refractivity contribution in [2.45, 2.75) is 13.0 Å². The van der Waals surface area contributed by atoms with Gasteiger partial charge in [-0.05, 0) is 29.7 Å². The Balaban J connectivity index is 1.55. The molecule has 1 aliphatic rings. The SMILES string of the molecule is CN=C(NCC(=O)Nc1ccccc1)N1CCc2ccccc2C1. The number of aliphatic imine (C=N–C) groups is 1. The summed E-state index contributed by atoms with van der Waals surface area (Å²) in [6.45, 7) is 1.91. The van der Waals surface area contributed by atoms with Crippen molar-refractivity contribution in [3.05, 3.63) is 65.7 Å². The van der Waals surface area contributed by atoms with E-state index in [4.69, 9.17) is 0 Å². The lowest BCUT2D eigenvalue weighted by molar-refractivity contribution is -0.115. The molecule has 0 radical (unpaired) electrons. The van der Waals surface area contributed by atoms with Crippen molar-refractivity contribution in [3.8, 4) is 0 Å². The molecule has 3 rings (SSSR count). The molecule has 0 fully saturated rings. The number of hydrogen-bond donors (Lipinski definition) is 2. The third-order valence-electron chi connectivity index (χ3n) is 4.11. The van der Waals surface area contributed by atoms with Crippen molar-refractivity contribution < 1.29 is 4.79 Å². The van der Waals surface area contributed by atoms with Gasteiger partial charge in [0.15, 0.2) is 5.96 Å². The Morgan fingerprint density at radius 2 is 1.79 bits per heavy atom. The maximum absolute atomic E-state index is 12.1. The van der Waals surface area contributed by atoms with Gasteiger partial charge in [-0.2, -0.15) is 0 Å². The zero-order valence-corrected chi connectivity index (χ0v) is 13.8. The summed E-state index contributed by atoms with van der Waals surface area (Å²) in [5, 5.41) is 6.02. The van der Waals surface area contributed by atoms with E-state index in [1.54, 1.807) is 7.05 Å². The van der Waals surface area contributed by atoms with Crippen molar-refractivity contribution in [1.82, 2.24) is 10.2 Å². The van der Waals surface area contributed by atoms with E-state index in [0.29, 0.717) is 0 Å². The predicted molar refractivity (Wildman–Crippen MR) is 97.0 cm³/mol.